The summed E-state index contributed by atoms with van der Waals surface area (Å²) >= 11 is 5.40. The van der Waals surface area contributed by atoms with Crippen LogP contribution in [0, 0.1) is 0 Å². The van der Waals surface area contributed by atoms with Crippen LogP contribution >= 0.6 is 12.2 Å². The first kappa shape index (κ1) is 19.7. The first-order valence-electron chi connectivity index (χ1n) is 8.96. The zero-order valence-electron chi connectivity index (χ0n) is 15.5. The van der Waals surface area contributed by atoms with Crippen molar-refractivity contribution in [3.8, 4) is 0 Å². The van der Waals surface area contributed by atoms with E-state index in [1.54, 1.807) is 4.90 Å². The number of likely N-dealkylation sites (N-methyl/N-ethyl adjacent to an activating group) is 2. The van der Waals surface area contributed by atoms with E-state index >= 15 is 0 Å². The Morgan fingerprint density at radius 1 is 1.16 bits per heavy atom. The summed E-state index contributed by atoms with van der Waals surface area (Å²) in [5.41, 5.74) is 1.12. The Balaban J connectivity index is 1.75. The van der Waals surface area contributed by atoms with Crippen LogP contribution in [0.15, 0.2) is 30.3 Å². The summed E-state index contributed by atoms with van der Waals surface area (Å²) in [5, 5.41) is 7.04. The van der Waals surface area contributed by atoms with Gasteiger partial charge in [0.25, 0.3) is 0 Å². The van der Waals surface area contributed by atoms with Crippen molar-refractivity contribution in [2.45, 2.75) is 44.3 Å². The molecule has 0 spiro atoms. The number of nitrogens with zero attached hydrogens (tertiary/aromatic N) is 2. The van der Waals surface area contributed by atoms with E-state index in [4.69, 9.17) is 12.2 Å². The molecular formula is C19H30N4OS. The molecular weight excluding hydrogens is 332 g/mol. The second-order valence-electron chi connectivity index (χ2n) is 6.98. The lowest BCUT2D eigenvalue weighted by Crippen LogP contribution is -2.54. The summed E-state index contributed by atoms with van der Waals surface area (Å²) in [6.07, 6.45) is 4.80. The molecule has 2 rings (SSSR count). The summed E-state index contributed by atoms with van der Waals surface area (Å²) in [6.45, 7) is 0.821. The summed E-state index contributed by atoms with van der Waals surface area (Å²) < 4.78 is 0. The van der Waals surface area contributed by atoms with Gasteiger partial charge in [0.05, 0.1) is 6.54 Å². The molecule has 25 heavy (non-hydrogen) atoms. The molecule has 1 saturated carbocycles. The number of carbonyl (C=O) groups is 1. The lowest BCUT2D eigenvalue weighted by molar-refractivity contribution is -0.129. The van der Waals surface area contributed by atoms with Gasteiger partial charge in [-0.2, -0.15) is 0 Å². The molecule has 1 fully saturated rings. The maximum atomic E-state index is 12.3. The number of thiocarbonyl (C=S) groups is 1. The fourth-order valence-electron chi connectivity index (χ4n) is 3.35. The Morgan fingerprint density at radius 2 is 1.84 bits per heavy atom. The van der Waals surface area contributed by atoms with Crippen LogP contribution in [0.1, 0.15) is 31.2 Å². The minimum absolute atomic E-state index is 0.0285. The predicted molar refractivity (Wildman–Crippen MR) is 106 cm³/mol. The van der Waals surface area contributed by atoms with Gasteiger partial charge in [0, 0.05) is 25.7 Å². The highest BCUT2D eigenvalue weighted by atomic mass is 32.1. The minimum Gasteiger partial charge on any atom is -0.358 e. The lowest BCUT2D eigenvalue weighted by atomic mass is 9.90. The lowest BCUT2D eigenvalue weighted by Gasteiger charge is -2.37. The maximum Gasteiger partial charge on any atom is 0.241 e. The summed E-state index contributed by atoms with van der Waals surface area (Å²) in [4.78, 5) is 16.3. The average molecular weight is 363 g/mol. The normalized spacial score (nSPS) is 20.2. The fourth-order valence-corrected chi connectivity index (χ4v) is 3.58. The van der Waals surface area contributed by atoms with Crippen molar-refractivity contribution in [1.29, 1.82) is 0 Å². The molecule has 2 atom stereocenters. The van der Waals surface area contributed by atoms with Crippen LogP contribution in [0.2, 0.25) is 0 Å². The molecule has 1 amide bonds. The van der Waals surface area contributed by atoms with E-state index in [0.29, 0.717) is 23.7 Å². The van der Waals surface area contributed by atoms with Gasteiger partial charge in [-0.05, 0) is 44.7 Å². The Morgan fingerprint density at radius 3 is 2.52 bits per heavy atom. The highest BCUT2D eigenvalue weighted by Crippen LogP contribution is 2.21. The molecule has 2 N–H and O–H groups in total. The third-order valence-electron chi connectivity index (χ3n) is 4.80. The molecule has 0 bridgehead atoms. The van der Waals surface area contributed by atoms with Crippen molar-refractivity contribution >= 4 is 23.2 Å². The van der Waals surface area contributed by atoms with Crippen LogP contribution in [-0.4, -0.2) is 60.6 Å². The molecule has 5 nitrogen and oxygen atoms in total. The molecule has 1 aliphatic rings. The predicted octanol–water partition coefficient (Wildman–Crippen LogP) is 1.98. The smallest absolute Gasteiger partial charge is 0.241 e. The van der Waals surface area contributed by atoms with Gasteiger partial charge < -0.3 is 20.4 Å². The van der Waals surface area contributed by atoms with Gasteiger partial charge in [0.15, 0.2) is 5.11 Å². The van der Waals surface area contributed by atoms with Gasteiger partial charge >= 0.3 is 0 Å². The van der Waals surface area contributed by atoms with Crippen LogP contribution in [0.3, 0.4) is 0 Å². The zero-order chi connectivity index (χ0) is 18.2. The van der Waals surface area contributed by atoms with Crippen LogP contribution in [0.4, 0.5) is 0 Å². The molecule has 0 saturated heterocycles. The first-order valence-corrected chi connectivity index (χ1v) is 9.37. The first-order chi connectivity index (χ1) is 12.0. The molecule has 6 heteroatoms. The Kier molecular flexibility index (Phi) is 7.65. The van der Waals surface area contributed by atoms with Gasteiger partial charge in [-0.1, -0.05) is 43.2 Å². The van der Waals surface area contributed by atoms with Crippen molar-refractivity contribution in [1.82, 2.24) is 20.4 Å². The van der Waals surface area contributed by atoms with E-state index in [9.17, 15) is 4.79 Å². The molecule has 138 valence electrons. The van der Waals surface area contributed by atoms with Crippen LogP contribution in [0.25, 0.3) is 0 Å². The molecule has 0 heterocycles. The molecule has 1 aliphatic carbocycles. The zero-order valence-corrected chi connectivity index (χ0v) is 16.3. The molecule has 0 aromatic heterocycles. The maximum absolute atomic E-state index is 12.3. The van der Waals surface area contributed by atoms with Gasteiger partial charge in [-0.3, -0.25) is 4.79 Å². The summed E-state index contributed by atoms with van der Waals surface area (Å²) in [7, 11) is 6.04. The molecule has 0 radical (unpaired) electrons. The van der Waals surface area contributed by atoms with E-state index in [1.807, 2.05) is 37.4 Å². The largest absolute Gasteiger partial charge is 0.358 e. The quantitative estimate of drug-likeness (QED) is 0.758. The number of benzene rings is 1. The summed E-state index contributed by atoms with van der Waals surface area (Å²) in [6, 6.07) is 10.8. The second kappa shape index (κ2) is 9.73. The van der Waals surface area contributed by atoms with Crippen molar-refractivity contribution < 1.29 is 4.79 Å². The monoisotopic (exact) mass is 362 g/mol. The van der Waals surface area contributed by atoms with Gasteiger partial charge in [-0.15, -0.1) is 0 Å². The third kappa shape index (κ3) is 6.29. The number of rotatable bonds is 6. The van der Waals surface area contributed by atoms with Crippen molar-refractivity contribution in [2.24, 2.45) is 0 Å². The molecule has 2 unspecified atom stereocenters. The van der Waals surface area contributed by atoms with E-state index in [2.05, 4.69) is 29.6 Å². The highest BCUT2D eigenvalue weighted by molar-refractivity contribution is 7.80. The van der Waals surface area contributed by atoms with E-state index < -0.39 is 0 Å². The van der Waals surface area contributed by atoms with Crippen molar-refractivity contribution in [3.05, 3.63) is 35.9 Å². The number of nitrogens with one attached hydrogen (secondary N) is 2. The number of carbonyl (C=O) groups excluding carboxylic acids is 1. The Hall–Kier alpha value is -1.66. The molecule has 0 aliphatic heterocycles. The van der Waals surface area contributed by atoms with Gasteiger partial charge in [0.1, 0.15) is 0 Å². The van der Waals surface area contributed by atoms with E-state index in [0.717, 1.165) is 12.0 Å². The second-order valence-corrected chi connectivity index (χ2v) is 7.39. The number of hydrogen-bond acceptors (Lipinski definition) is 3. The van der Waals surface area contributed by atoms with Gasteiger partial charge in [0.2, 0.25) is 5.91 Å². The highest BCUT2D eigenvalue weighted by Gasteiger charge is 2.27. The number of amides is 1. The van der Waals surface area contributed by atoms with Crippen LogP contribution in [0.5, 0.6) is 0 Å². The third-order valence-corrected chi connectivity index (χ3v) is 5.06. The fraction of sp³-hybridized carbons (Fsp3) is 0.579. The topological polar surface area (TPSA) is 47.6 Å². The number of hydrogen-bond donors (Lipinski definition) is 2. The SMILES string of the molecule is CN(Cc1ccccc1)C(=O)CNC(=S)NC1CCCCC1N(C)C. The minimum atomic E-state index is 0.0285. The average Bonchev–Trinajstić information content (AvgIpc) is 2.60. The van der Waals surface area contributed by atoms with Gasteiger partial charge in [-0.25, -0.2) is 0 Å². The van der Waals surface area contributed by atoms with Crippen LogP contribution < -0.4 is 10.6 Å². The Labute approximate surface area is 156 Å². The van der Waals surface area contributed by atoms with Crippen molar-refractivity contribution in [3.63, 3.8) is 0 Å². The van der Waals surface area contributed by atoms with Crippen LogP contribution in [-0.2, 0) is 11.3 Å². The standard InChI is InChI=1S/C19H30N4OS/c1-22(2)17-12-8-7-11-16(17)21-19(25)20-13-18(24)23(3)14-15-9-5-4-6-10-15/h4-6,9-10,16-17H,7-8,11-14H2,1-3H3,(H2,20,21,25). The Bertz CT molecular complexity index is 564. The molecule has 1 aromatic rings. The van der Waals surface area contributed by atoms with Crippen molar-refractivity contribution in [2.75, 3.05) is 27.7 Å². The van der Waals surface area contributed by atoms with E-state index in [1.165, 1.54) is 19.3 Å². The molecule has 1 aromatic carbocycles. The summed E-state index contributed by atoms with van der Waals surface area (Å²) in [5.74, 6) is 0.0285. The van der Waals surface area contributed by atoms with E-state index in [-0.39, 0.29) is 12.5 Å².